The fourth-order valence-electron chi connectivity index (χ4n) is 5.49. The summed E-state index contributed by atoms with van der Waals surface area (Å²) in [5.74, 6) is -0.101. The van der Waals surface area contributed by atoms with Gasteiger partial charge >= 0.3 is 5.97 Å². The van der Waals surface area contributed by atoms with Crippen molar-refractivity contribution in [1.29, 1.82) is 0 Å². The number of ketones is 1. The van der Waals surface area contributed by atoms with Crippen molar-refractivity contribution in [1.82, 2.24) is 0 Å². The maximum absolute atomic E-state index is 12.6. The average Bonchev–Trinajstić information content (AvgIpc) is 2.61. The van der Waals surface area contributed by atoms with Crippen LogP contribution in [0.2, 0.25) is 0 Å². The number of hydrogen-bond donors (Lipinski definition) is 0. The summed E-state index contributed by atoms with van der Waals surface area (Å²) in [6.07, 6.45) is 5.48. The Bertz CT molecular complexity index is 523. The van der Waals surface area contributed by atoms with E-state index in [0.717, 1.165) is 32.1 Å². The number of rotatable bonds is 2. The lowest BCUT2D eigenvalue weighted by Gasteiger charge is -2.53. The van der Waals surface area contributed by atoms with E-state index in [0.29, 0.717) is 13.0 Å². The number of hydrogen-bond acceptors (Lipinski definition) is 3. The Balaban J connectivity index is 2.02. The maximum Gasteiger partial charge on any atom is 0.319 e. The minimum absolute atomic E-state index is 0.0812. The molecule has 3 aliphatic rings. The van der Waals surface area contributed by atoms with E-state index >= 15 is 0 Å². The van der Waals surface area contributed by atoms with E-state index in [9.17, 15) is 9.59 Å². The molecule has 0 heterocycles. The van der Waals surface area contributed by atoms with Crippen LogP contribution in [0.1, 0.15) is 59.3 Å². The lowest BCUT2D eigenvalue weighted by Crippen LogP contribution is -2.55. The first kappa shape index (κ1) is 14.8. The highest BCUT2D eigenvalue weighted by Gasteiger charge is 2.65. The van der Waals surface area contributed by atoms with Crippen LogP contribution in [-0.4, -0.2) is 18.4 Å². The van der Waals surface area contributed by atoms with Crippen molar-refractivity contribution in [2.75, 3.05) is 6.61 Å². The van der Waals surface area contributed by atoms with Crippen molar-refractivity contribution >= 4 is 11.8 Å². The molecular formula is C18H26O3. The molecule has 0 aliphatic heterocycles. The van der Waals surface area contributed by atoms with Crippen LogP contribution in [0.4, 0.5) is 0 Å². The number of ether oxygens (including phenoxy) is 1. The maximum atomic E-state index is 12.6. The second-order valence-corrected chi connectivity index (χ2v) is 7.82. The first-order valence-electron chi connectivity index (χ1n) is 8.17. The predicted molar refractivity (Wildman–Crippen MR) is 80.6 cm³/mol. The molecule has 0 aromatic carbocycles. The Morgan fingerprint density at radius 1 is 1.38 bits per heavy atom. The van der Waals surface area contributed by atoms with Gasteiger partial charge in [-0.05, 0) is 62.7 Å². The molecule has 3 saturated carbocycles. The zero-order valence-electron chi connectivity index (χ0n) is 13.5. The lowest BCUT2D eigenvalue weighted by molar-refractivity contribution is -0.174. The van der Waals surface area contributed by atoms with Gasteiger partial charge in [0, 0.05) is 6.42 Å². The highest BCUT2D eigenvalue weighted by molar-refractivity contribution is 6.04. The molecule has 0 saturated heterocycles. The summed E-state index contributed by atoms with van der Waals surface area (Å²) in [6, 6.07) is 0. The summed E-state index contributed by atoms with van der Waals surface area (Å²) in [5.41, 5.74) is 0.692. The number of Topliss-reactive ketones (excluding diaryl/α,β-unsaturated/α-hetero) is 1. The minimum atomic E-state index is -0.944. The van der Waals surface area contributed by atoms with Gasteiger partial charge in [0.15, 0.2) is 0 Å². The number of esters is 1. The van der Waals surface area contributed by atoms with Gasteiger partial charge in [-0.15, -0.1) is 0 Å². The van der Waals surface area contributed by atoms with Gasteiger partial charge < -0.3 is 4.74 Å². The fraction of sp³-hybridized carbons (Fsp3) is 0.778. The molecule has 0 amide bonds. The molecule has 21 heavy (non-hydrogen) atoms. The van der Waals surface area contributed by atoms with E-state index in [1.165, 1.54) is 5.57 Å². The molecule has 3 nitrogen and oxygen atoms in total. The van der Waals surface area contributed by atoms with E-state index in [2.05, 4.69) is 13.5 Å². The van der Waals surface area contributed by atoms with Crippen molar-refractivity contribution in [3.63, 3.8) is 0 Å². The Kier molecular flexibility index (Phi) is 3.13. The van der Waals surface area contributed by atoms with Gasteiger partial charge in [-0.25, -0.2) is 0 Å². The molecule has 116 valence electrons. The van der Waals surface area contributed by atoms with Crippen LogP contribution in [0.15, 0.2) is 12.2 Å². The summed E-state index contributed by atoms with van der Waals surface area (Å²) >= 11 is 0. The third-order valence-electron chi connectivity index (χ3n) is 6.71. The van der Waals surface area contributed by atoms with Crippen LogP contribution in [-0.2, 0) is 14.3 Å². The van der Waals surface area contributed by atoms with Gasteiger partial charge in [-0.1, -0.05) is 19.1 Å². The summed E-state index contributed by atoms with van der Waals surface area (Å²) in [6.45, 7) is 10.6. The summed E-state index contributed by atoms with van der Waals surface area (Å²) < 4.78 is 5.28. The average molecular weight is 290 g/mol. The van der Waals surface area contributed by atoms with E-state index in [4.69, 9.17) is 4.74 Å². The molecule has 0 N–H and O–H groups in total. The molecule has 3 rings (SSSR count). The second-order valence-electron chi connectivity index (χ2n) is 7.82. The van der Waals surface area contributed by atoms with Crippen LogP contribution in [0.25, 0.3) is 0 Å². The molecule has 2 bridgehead atoms. The third kappa shape index (κ3) is 1.79. The van der Waals surface area contributed by atoms with Crippen LogP contribution >= 0.6 is 0 Å². The first-order valence-corrected chi connectivity index (χ1v) is 8.17. The van der Waals surface area contributed by atoms with Crippen molar-refractivity contribution < 1.29 is 14.3 Å². The molecule has 0 aromatic heterocycles. The fourth-order valence-corrected chi connectivity index (χ4v) is 5.49. The molecule has 3 heteroatoms. The Morgan fingerprint density at radius 3 is 2.76 bits per heavy atom. The van der Waals surface area contributed by atoms with Crippen LogP contribution < -0.4 is 0 Å². The topological polar surface area (TPSA) is 43.4 Å². The van der Waals surface area contributed by atoms with Crippen molar-refractivity contribution in [2.45, 2.75) is 59.3 Å². The van der Waals surface area contributed by atoms with Gasteiger partial charge in [-0.2, -0.15) is 0 Å². The summed E-state index contributed by atoms with van der Waals surface area (Å²) in [7, 11) is 0. The monoisotopic (exact) mass is 290 g/mol. The van der Waals surface area contributed by atoms with Crippen molar-refractivity contribution in [3.05, 3.63) is 12.2 Å². The third-order valence-corrected chi connectivity index (χ3v) is 6.71. The predicted octanol–water partition coefficient (Wildman–Crippen LogP) is 3.67. The Hall–Kier alpha value is -1.12. The zero-order chi connectivity index (χ0) is 15.5. The molecule has 0 unspecified atom stereocenters. The second kappa shape index (κ2) is 4.44. The quantitative estimate of drug-likeness (QED) is 0.443. The number of carbonyl (C=O) groups excluding carboxylic acids is 2. The van der Waals surface area contributed by atoms with Crippen LogP contribution in [0.5, 0.6) is 0 Å². The Morgan fingerprint density at radius 2 is 2.10 bits per heavy atom. The molecule has 0 radical (unpaired) electrons. The van der Waals surface area contributed by atoms with E-state index in [1.54, 1.807) is 6.92 Å². The van der Waals surface area contributed by atoms with Gasteiger partial charge in [0.25, 0.3) is 0 Å². The van der Waals surface area contributed by atoms with Crippen molar-refractivity contribution in [3.8, 4) is 0 Å². The molecule has 3 fully saturated rings. The number of allylic oxidation sites excluding steroid dienone is 1. The van der Waals surface area contributed by atoms with E-state index in [1.807, 2.05) is 6.92 Å². The lowest BCUT2D eigenvalue weighted by atomic mass is 9.49. The minimum Gasteiger partial charge on any atom is -0.465 e. The number of carbonyl (C=O) groups is 2. The molecule has 1 spiro atoms. The highest BCUT2D eigenvalue weighted by atomic mass is 16.5. The van der Waals surface area contributed by atoms with Crippen LogP contribution in [0.3, 0.4) is 0 Å². The summed E-state index contributed by atoms with van der Waals surface area (Å²) in [4.78, 5) is 25.1. The summed E-state index contributed by atoms with van der Waals surface area (Å²) in [5, 5.41) is 0. The zero-order valence-corrected chi connectivity index (χ0v) is 13.5. The molecule has 4 atom stereocenters. The Labute approximate surface area is 127 Å². The van der Waals surface area contributed by atoms with Crippen molar-refractivity contribution in [2.24, 2.45) is 22.2 Å². The van der Waals surface area contributed by atoms with Crippen LogP contribution in [0, 0.1) is 22.2 Å². The normalized spacial score (nSPS) is 45.4. The highest BCUT2D eigenvalue weighted by Crippen LogP contribution is 2.69. The molecular weight excluding hydrogens is 264 g/mol. The molecule has 3 aliphatic carbocycles. The van der Waals surface area contributed by atoms with Gasteiger partial charge in [0.05, 0.1) is 6.61 Å². The van der Waals surface area contributed by atoms with Gasteiger partial charge in [0.1, 0.15) is 11.2 Å². The van der Waals surface area contributed by atoms with Gasteiger partial charge in [0.2, 0.25) is 0 Å². The van der Waals surface area contributed by atoms with Gasteiger partial charge in [-0.3, -0.25) is 9.59 Å². The van der Waals surface area contributed by atoms with E-state index in [-0.39, 0.29) is 28.5 Å². The van der Waals surface area contributed by atoms with E-state index < -0.39 is 5.41 Å². The smallest absolute Gasteiger partial charge is 0.319 e. The molecule has 0 aromatic rings. The first-order chi connectivity index (χ1) is 9.78. The SMILES string of the molecule is C=C1C[C@@]23CCC(=O)[C@@](C)(C(=O)OCC)[C@H]2CC[C@]1(C)C3. The number of fused-ring (bicyclic) bond motifs is 1. The largest absolute Gasteiger partial charge is 0.465 e. The standard InChI is InChI=1S/C18H26O3/c1-5-21-15(20)17(4)13-6-8-16(3)11-18(13,10-12(16)2)9-7-14(17)19/h13H,2,5-11H2,1,3-4H3/t13-,16-,17+,18-/m1/s1.